The van der Waals surface area contributed by atoms with E-state index in [-0.39, 0.29) is 10.6 Å². The fourth-order valence-corrected chi connectivity index (χ4v) is 1.78. The van der Waals surface area contributed by atoms with Crippen LogP contribution < -0.4 is 5.32 Å². The molecule has 2 N–H and O–H groups in total. The summed E-state index contributed by atoms with van der Waals surface area (Å²) in [6, 6.07) is 3.04. The minimum atomic E-state index is -1.15. The molecule has 17 heavy (non-hydrogen) atoms. The zero-order valence-electron chi connectivity index (χ0n) is 9.04. The number of hydrogen-bond acceptors (Lipinski definition) is 2. The van der Waals surface area contributed by atoms with E-state index in [0.29, 0.717) is 0 Å². The molecule has 0 aliphatic heterocycles. The summed E-state index contributed by atoms with van der Waals surface area (Å²) in [6.45, 7) is 1.23. The number of carbonyl (C=O) groups excluding carboxylic acids is 1. The minimum Gasteiger partial charge on any atom is -0.481 e. The number of aliphatic carboxylic acids is 1. The maximum absolute atomic E-state index is 13.6. The third-order valence-corrected chi connectivity index (χ3v) is 2.43. The lowest BCUT2D eigenvalue weighted by molar-refractivity contribution is -0.137. The van der Waals surface area contributed by atoms with Crippen molar-refractivity contribution in [1.29, 1.82) is 0 Å². The summed E-state index contributed by atoms with van der Waals surface area (Å²) in [7, 11) is 0. The zero-order valence-corrected chi connectivity index (χ0v) is 9.79. The maximum Gasteiger partial charge on any atom is 0.305 e. The highest BCUT2D eigenvalue weighted by molar-refractivity contribution is 6.31. The molecule has 1 rings (SSSR count). The summed E-state index contributed by atoms with van der Waals surface area (Å²) >= 11 is 5.81. The van der Waals surface area contributed by atoms with Crippen molar-refractivity contribution in [1.82, 2.24) is 5.32 Å². The summed E-state index contributed by atoms with van der Waals surface area (Å²) in [5.74, 6) is -2.24. The van der Waals surface area contributed by atoms with Crippen LogP contribution in [-0.2, 0) is 9.59 Å². The highest BCUT2D eigenvalue weighted by Crippen LogP contribution is 2.27. The van der Waals surface area contributed by atoms with Gasteiger partial charge in [0.15, 0.2) is 0 Å². The van der Waals surface area contributed by atoms with Crippen LogP contribution in [0.5, 0.6) is 0 Å². The van der Waals surface area contributed by atoms with Crippen LogP contribution in [0.2, 0.25) is 5.02 Å². The first-order valence-electron chi connectivity index (χ1n) is 4.84. The fourth-order valence-electron chi connectivity index (χ4n) is 1.49. The quantitative estimate of drug-likeness (QED) is 0.870. The van der Waals surface area contributed by atoms with E-state index >= 15 is 0 Å². The number of rotatable bonds is 4. The van der Waals surface area contributed by atoms with E-state index < -0.39 is 30.2 Å². The van der Waals surface area contributed by atoms with Crippen molar-refractivity contribution >= 4 is 23.5 Å². The molecule has 0 unspecified atom stereocenters. The number of nitrogens with one attached hydrogen (secondary N) is 1. The van der Waals surface area contributed by atoms with Crippen LogP contribution in [0, 0.1) is 5.82 Å². The van der Waals surface area contributed by atoms with Gasteiger partial charge >= 0.3 is 5.97 Å². The number of carboxylic acid groups (broad SMARTS) is 1. The average Bonchev–Trinajstić information content (AvgIpc) is 2.14. The van der Waals surface area contributed by atoms with Gasteiger partial charge < -0.3 is 10.4 Å². The maximum atomic E-state index is 13.6. The highest BCUT2D eigenvalue weighted by atomic mass is 35.5. The van der Waals surface area contributed by atoms with Crippen LogP contribution in [0.1, 0.15) is 24.9 Å². The molecule has 0 fully saturated rings. The van der Waals surface area contributed by atoms with E-state index in [1.54, 1.807) is 0 Å². The second-order valence-electron chi connectivity index (χ2n) is 3.49. The number of benzene rings is 1. The van der Waals surface area contributed by atoms with Crippen molar-refractivity contribution in [2.75, 3.05) is 0 Å². The fraction of sp³-hybridized carbons (Fsp3) is 0.273. The largest absolute Gasteiger partial charge is 0.481 e. The lowest BCUT2D eigenvalue weighted by Gasteiger charge is -2.18. The first kappa shape index (κ1) is 13.4. The summed E-state index contributed by atoms with van der Waals surface area (Å²) < 4.78 is 13.6. The number of carbonyl (C=O) groups is 2. The van der Waals surface area contributed by atoms with Gasteiger partial charge in [-0.25, -0.2) is 4.39 Å². The first-order chi connectivity index (χ1) is 7.91. The molecule has 0 saturated carbocycles. The predicted molar refractivity (Wildman–Crippen MR) is 60.2 cm³/mol. The van der Waals surface area contributed by atoms with Gasteiger partial charge in [0.1, 0.15) is 5.82 Å². The third kappa shape index (κ3) is 3.71. The molecule has 0 bridgehead atoms. The Morgan fingerprint density at radius 1 is 1.53 bits per heavy atom. The second-order valence-corrected chi connectivity index (χ2v) is 3.89. The summed E-state index contributed by atoms with van der Waals surface area (Å²) in [5.41, 5.74) is -0.00762. The van der Waals surface area contributed by atoms with Crippen LogP contribution in [0.4, 0.5) is 4.39 Å². The lowest BCUT2D eigenvalue weighted by Crippen LogP contribution is -2.29. The van der Waals surface area contributed by atoms with E-state index in [0.717, 1.165) is 6.07 Å². The SMILES string of the molecule is CC(=O)N[C@@H](CC(=O)O)c1c(F)cccc1Cl. The Kier molecular flexibility index (Phi) is 4.45. The van der Waals surface area contributed by atoms with Gasteiger partial charge in [-0.1, -0.05) is 17.7 Å². The molecule has 6 heteroatoms. The number of amides is 1. The monoisotopic (exact) mass is 259 g/mol. The van der Waals surface area contributed by atoms with Crippen LogP contribution in [-0.4, -0.2) is 17.0 Å². The molecule has 1 aromatic carbocycles. The van der Waals surface area contributed by atoms with Gasteiger partial charge in [-0.2, -0.15) is 0 Å². The van der Waals surface area contributed by atoms with E-state index in [4.69, 9.17) is 16.7 Å². The van der Waals surface area contributed by atoms with E-state index in [1.165, 1.54) is 19.1 Å². The molecular formula is C11H11ClFNO3. The van der Waals surface area contributed by atoms with E-state index in [1.807, 2.05) is 0 Å². The van der Waals surface area contributed by atoms with Gasteiger partial charge in [0, 0.05) is 17.5 Å². The molecule has 0 saturated heterocycles. The zero-order chi connectivity index (χ0) is 13.0. The molecule has 1 amide bonds. The molecule has 0 heterocycles. The van der Waals surface area contributed by atoms with Gasteiger partial charge in [0.25, 0.3) is 0 Å². The van der Waals surface area contributed by atoms with Gasteiger partial charge in [-0.3, -0.25) is 9.59 Å². The van der Waals surface area contributed by atoms with E-state index in [2.05, 4.69) is 5.32 Å². The van der Waals surface area contributed by atoms with E-state index in [9.17, 15) is 14.0 Å². The third-order valence-electron chi connectivity index (χ3n) is 2.10. The minimum absolute atomic E-state index is 0.00762. The standard InChI is InChI=1S/C11H11ClFNO3/c1-6(15)14-9(5-10(16)17)11-7(12)3-2-4-8(11)13/h2-4,9H,5H2,1H3,(H,14,15)(H,16,17)/t9-/m0/s1. The molecule has 1 aromatic rings. The van der Waals surface area contributed by atoms with Crippen molar-refractivity contribution in [3.8, 4) is 0 Å². The Labute approximate surface area is 102 Å². The number of carboxylic acids is 1. The Balaban J connectivity index is 3.11. The molecular weight excluding hydrogens is 249 g/mol. The van der Waals surface area contributed by atoms with Crippen LogP contribution in [0.25, 0.3) is 0 Å². The predicted octanol–water partition coefficient (Wildman–Crippen LogP) is 2.13. The number of hydrogen-bond donors (Lipinski definition) is 2. The van der Waals surface area contributed by atoms with Crippen molar-refractivity contribution in [3.63, 3.8) is 0 Å². The lowest BCUT2D eigenvalue weighted by atomic mass is 10.0. The van der Waals surface area contributed by atoms with Gasteiger partial charge in [0.2, 0.25) is 5.91 Å². The van der Waals surface area contributed by atoms with Crippen molar-refractivity contribution in [2.24, 2.45) is 0 Å². The average molecular weight is 260 g/mol. The normalized spacial score (nSPS) is 11.9. The highest BCUT2D eigenvalue weighted by Gasteiger charge is 2.22. The second kappa shape index (κ2) is 5.63. The Morgan fingerprint density at radius 3 is 2.65 bits per heavy atom. The van der Waals surface area contributed by atoms with Gasteiger partial charge in [-0.05, 0) is 12.1 Å². The first-order valence-corrected chi connectivity index (χ1v) is 5.22. The molecule has 0 aliphatic rings. The summed E-state index contributed by atoms with van der Waals surface area (Å²) in [6.07, 6.45) is -0.430. The van der Waals surface area contributed by atoms with Crippen LogP contribution in [0.3, 0.4) is 0 Å². The smallest absolute Gasteiger partial charge is 0.305 e. The topological polar surface area (TPSA) is 66.4 Å². The van der Waals surface area contributed by atoms with Crippen molar-refractivity contribution in [3.05, 3.63) is 34.6 Å². The molecule has 0 aromatic heterocycles. The molecule has 1 atom stereocenters. The Hall–Kier alpha value is -1.62. The summed E-state index contributed by atoms with van der Waals surface area (Å²) in [5, 5.41) is 11.2. The van der Waals surface area contributed by atoms with Crippen molar-refractivity contribution in [2.45, 2.75) is 19.4 Å². The van der Waals surface area contributed by atoms with Crippen molar-refractivity contribution < 1.29 is 19.1 Å². The molecule has 0 radical (unpaired) electrons. The van der Waals surface area contributed by atoms with Gasteiger partial charge in [-0.15, -0.1) is 0 Å². The Bertz CT molecular complexity index is 414. The van der Waals surface area contributed by atoms with Crippen LogP contribution >= 0.6 is 11.6 Å². The number of halogens is 2. The summed E-state index contributed by atoms with van der Waals surface area (Å²) in [4.78, 5) is 21.6. The molecule has 0 spiro atoms. The Morgan fingerprint density at radius 2 is 2.18 bits per heavy atom. The molecule has 0 aliphatic carbocycles. The molecule has 92 valence electrons. The van der Waals surface area contributed by atoms with Gasteiger partial charge in [0.05, 0.1) is 12.5 Å². The molecule has 4 nitrogen and oxygen atoms in total. The van der Waals surface area contributed by atoms with Crippen LogP contribution in [0.15, 0.2) is 18.2 Å².